The molecule has 1 aliphatic rings. The Hall–Kier alpha value is -7.62. The van der Waals surface area contributed by atoms with E-state index in [2.05, 4.69) is 199 Å². The van der Waals surface area contributed by atoms with Gasteiger partial charge in [0.15, 0.2) is 5.58 Å². The molecule has 1 aliphatic carbocycles. The summed E-state index contributed by atoms with van der Waals surface area (Å²) in [5.74, 6) is 0. The molecule has 0 fully saturated rings. The average Bonchev–Trinajstić information content (AvgIpc) is 4.04. The second-order valence-electron chi connectivity index (χ2n) is 15.5. The lowest BCUT2D eigenvalue weighted by molar-refractivity contribution is 0.670. The minimum absolute atomic E-state index is 0.631. The first-order valence-electron chi connectivity index (χ1n) is 19.9. The van der Waals surface area contributed by atoms with Crippen LogP contribution in [0.15, 0.2) is 209 Å². The zero-order chi connectivity index (χ0) is 38.0. The highest BCUT2D eigenvalue weighted by Crippen LogP contribution is 2.62. The summed E-state index contributed by atoms with van der Waals surface area (Å²) in [6.45, 7) is 0. The van der Waals surface area contributed by atoms with E-state index >= 15 is 0 Å². The fraction of sp³-hybridized carbons (Fsp3) is 0.0182. The van der Waals surface area contributed by atoms with Crippen molar-refractivity contribution < 1.29 is 8.83 Å². The number of para-hydroxylation sites is 5. The minimum atomic E-state index is -0.631. The van der Waals surface area contributed by atoms with Crippen LogP contribution in [0.1, 0.15) is 22.3 Å². The SMILES string of the molecule is c1ccc(C2(c3ccccc3)c3ccccc3-c3c2c2c4ccccc4n(-c4ccccc4-c4cccc5c4oc4ccccc45)c2c2oc4ccccc4c32)cc1. The number of nitrogens with zero attached hydrogens (tertiary/aromatic N) is 1. The van der Waals surface area contributed by atoms with E-state index in [1.165, 1.54) is 44.2 Å². The van der Waals surface area contributed by atoms with Crippen molar-refractivity contribution in [3.8, 4) is 27.9 Å². The van der Waals surface area contributed by atoms with Crippen LogP contribution in [0, 0.1) is 0 Å². The first kappa shape index (κ1) is 31.6. The van der Waals surface area contributed by atoms with Crippen LogP contribution in [0.2, 0.25) is 0 Å². The summed E-state index contributed by atoms with van der Waals surface area (Å²) < 4.78 is 16.4. The van der Waals surface area contributed by atoms with Crippen molar-refractivity contribution in [1.29, 1.82) is 0 Å². The van der Waals surface area contributed by atoms with Gasteiger partial charge in [-0.25, -0.2) is 0 Å². The third-order valence-electron chi connectivity index (χ3n) is 12.7. The Morgan fingerprint density at radius 3 is 1.71 bits per heavy atom. The summed E-state index contributed by atoms with van der Waals surface area (Å²) >= 11 is 0. The Kier molecular flexibility index (Phi) is 6.37. The van der Waals surface area contributed by atoms with Gasteiger partial charge in [-0.1, -0.05) is 176 Å². The smallest absolute Gasteiger partial charge is 0.160 e. The second kappa shape index (κ2) is 11.7. The van der Waals surface area contributed by atoms with E-state index in [4.69, 9.17) is 8.83 Å². The molecule has 12 aromatic rings. The molecule has 0 saturated carbocycles. The van der Waals surface area contributed by atoms with E-state index in [1.807, 2.05) is 6.07 Å². The molecule has 0 bridgehead atoms. The maximum atomic E-state index is 7.19. The Morgan fingerprint density at radius 1 is 0.379 bits per heavy atom. The van der Waals surface area contributed by atoms with Crippen LogP contribution in [0.3, 0.4) is 0 Å². The molecule has 9 aromatic carbocycles. The van der Waals surface area contributed by atoms with Gasteiger partial charge >= 0.3 is 0 Å². The zero-order valence-corrected chi connectivity index (χ0v) is 31.3. The predicted molar refractivity (Wildman–Crippen MR) is 238 cm³/mol. The maximum absolute atomic E-state index is 7.19. The summed E-state index contributed by atoms with van der Waals surface area (Å²) in [6.07, 6.45) is 0. The summed E-state index contributed by atoms with van der Waals surface area (Å²) in [5.41, 5.74) is 15.7. The number of benzene rings is 9. The average molecular weight is 740 g/mol. The van der Waals surface area contributed by atoms with Crippen LogP contribution < -0.4 is 0 Å². The highest BCUT2D eigenvalue weighted by atomic mass is 16.3. The first-order chi connectivity index (χ1) is 28.8. The van der Waals surface area contributed by atoms with Gasteiger partial charge < -0.3 is 13.4 Å². The topological polar surface area (TPSA) is 31.2 Å². The Bertz CT molecular complexity index is 3580. The lowest BCUT2D eigenvalue weighted by Crippen LogP contribution is -2.28. The predicted octanol–water partition coefficient (Wildman–Crippen LogP) is 14.6. The van der Waals surface area contributed by atoms with Crippen molar-refractivity contribution in [2.75, 3.05) is 0 Å². The molecule has 0 N–H and O–H groups in total. The summed E-state index contributed by atoms with van der Waals surface area (Å²) in [5, 5.41) is 6.84. The molecule has 3 aromatic heterocycles. The Balaban J connectivity index is 1.28. The van der Waals surface area contributed by atoms with E-state index in [-0.39, 0.29) is 0 Å². The van der Waals surface area contributed by atoms with Crippen molar-refractivity contribution >= 4 is 65.7 Å². The van der Waals surface area contributed by atoms with Crippen LogP contribution in [0.25, 0.3) is 93.6 Å². The zero-order valence-electron chi connectivity index (χ0n) is 31.3. The van der Waals surface area contributed by atoms with Crippen LogP contribution in [-0.2, 0) is 5.41 Å². The molecule has 0 saturated heterocycles. The van der Waals surface area contributed by atoms with Crippen molar-refractivity contribution in [2.45, 2.75) is 5.41 Å². The van der Waals surface area contributed by atoms with E-state index in [0.29, 0.717) is 0 Å². The molecule has 0 aliphatic heterocycles. The Morgan fingerprint density at radius 2 is 0.931 bits per heavy atom. The molecule has 0 radical (unpaired) electrons. The van der Waals surface area contributed by atoms with Crippen molar-refractivity contribution in [3.63, 3.8) is 0 Å². The normalized spacial score (nSPS) is 13.3. The van der Waals surface area contributed by atoms with Gasteiger partial charge in [0.25, 0.3) is 0 Å². The molecule has 3 nitrogen and oxygen atoms in total. The summed E-state index contributed by atoms with van der Waals surface area (Å²) in [7, 11) is 0. The molecular formula is C55H33NO2. The van der Waals surface area contributed by atoms with E-state index in [1.54, 1.807) is 0 Å². The van der Waals surface area contributed by atoms with Crippen LogP contribution >= 0.6 is 0 Å². The second-order valence-corrected chi connectivity index (χ2v) is 15.5. The maximum Gasteiger partial charge on any atom is 0.160 e. The van der Waals surface area contributed by atoms with Crippen molar-refractivity contribution in [1.82, 2.24) is 4.57 Å². The number of aromatic nitrogens is 1. The van der Waals surface area contributed by atoms with E-state index in [0.717, 1.165) is 71.7 Å². The largest absolute Gasteiger partial charge is 0.455 e. The molecule has 0 spiro atoms. The Labute approximate surface area is 333 Å². The quantitative estimate of drug-likeness (QED) is 0.180. The fourth-order valence-electron chi connectivity index (χ4n) is 10.5. The molecule has 270 valence electrons. The molecule has 3 heterocycles. The first-order valence-corrected chi connectivity index (χ1v) is 19.9. The number of fused-ring (bicyclic) bond motifs is 15. The lowest BCUT2D eigenvalue weighted by Gasteiger charge is -2.34. The van der Waals surface area contributed by atoms with Gasteiger partial charge in [-0.2, -0.15) is 0 Å². The van der Waals surface area contributed by atoms with E-state index < -0.39 is 5.41 Å². The number of rotatable bonds is 4. The number of hydrogen-bond donors (Lipinski definition) is 0. The third-order valence-corrected chi connectivity index (χ3v) is 12.7. The number of hydrogen-bond acceptors (Lipinski definition) is 2. The van der Waals surface area contributed by atoms with Gasteiger partial charge in [0.1, 0.15) is 16.7 Å². The van der Waals surface area contributed by atoms with Gasteiger partial charge in [-0.15, -0.1) is 0 Å². The monoisotopic (exact) mass is 739 g/mol. The standard InChI is InChI=1S/C55H33NO2/c1-3-18-34(19-4-1)55(35-20-5-2-6-21-35)43-29-12-7-24-40(43)48-49-42-26-11-16-33-47(42)58-54(49)52-50(51(48)55)41-25-9-14-31-45(41)56(52)44-30-13-8-22-36(44)38-27-17-28-39-37-23-10-15-32-46(37)57-53(38)39/h1-33H. The minimum Gasteiger partial charge on any atom is -0.455 e. The number of furan rings is 2. The van der Waals surface area contributed by atoms with Gasteiger partial charge in [0.2, 0.25) is 0 Å². The van der Waals surface area contributed by atoms with E-state index in [9.17, 15) is 0 Å². The van der Waals surface area contributed by atoms with Crippen molar-refractivity contribution in [2.24, 2.45) is 0 Å². The van der Waals surface area contributed by atoms with Crippen LogP contribution in [0.5, 0.6) is 0 Å². The third kappa shape index (κ3) is 3.97. The molecule has 58 heavy (non-hydrogen) atoms. The van der Waals surface area contributed by atoms with Gasteiger partial charge in [-0.3, -0.25) is 0 Å². The van der Waals surface area contributed by atoms with Crippen LogP contribution in [0.4, 0.5) is 0 Å². The van der Waals surface area contributed by atoms with Gasteiger partial charge in [0.05, 0.1) is 22.1 Å². The highest BCUT2D eigenvalue weighted by molar-refractivity contribution is 6.30. The summed E-state index contributed by atoms with van der Waals surface area (Å²) in [6, 6.07) is 72.3. The van der Waals surface area contributed by atoms with Gasteiger partial charge in [0, 0.05) is 43.4 Å². The van der Waals surface area contributed by atoms with Crippen molar-refractivity contribution in [3.05, 3.63) is 222 Å². The molecule has 0 amide bonds. The molecular weight excluding hydrogens is 707 g/mol. The molecule has 3 heteroatoms. The highest BCUT2D eigenvalue weighted by Gasteiger charge is 2.49. The fourth-order valence-corrected chi connectivity index (χ4v) is 10.5. The molecule has 0 atom stereocenters. The molecule has 13 rings (SSSR count). The molecule has 0 unspecified atom stereocenters. The lowest BCUT2D eigenvalue weighted by atomic mass is 9.66. The van der Waals surface area contributed by atoms with Crippen LogP contribution in [-0.4, -0.2) is 4.57 Å². The van der Waals surface area contributed by atoms with Gasteiger partial charge in [-0.05, 0) is 57.6 Å². The summed E-state index contributed by atoms with van der Waals surface area (Å²) in [4.78, 5) is 0.